The molecule has 0 aliphatic carbocycles. The second-order valence-electron chi connectivity index (χ2n) is 6.18. The van der Waals surface area contributed by atoms with Crippen LogP contribution in [0, 0.1) is 13.8 Å². The first kappa shape index (κ1) is 20.8. The van der Waals surface area contributed by atoms with E-state index in [0.717, 1.165) is 16.5 Å². The Kier molecular flexibility index (Phi) is 5.92. The van der Waals surface area contributed by atoms with Crippen molar-refractivity contribution in [2.75, 3.05) is 6.73 Å². The average molecular weight is 414 g/mol. The molecule has 2 heterocycles. The second kappa shape index (κ2) is 8.24. The number of hydrogen-bond donors (Lipinski definition) is 2. The summed E-state index contributed by atoms with van der Waals surface area (Å²) in [6, 6.07) is 12.8. The van der Waals surface area contributed by atoms with Crippen molar-refractivity contribution >= 4 is 26.4 Å². The topological polar surface area (TPSA) is 109 Å². The minimum absolute atomic E-state index is 0.0725. The maximum Gasteiger partial charge on any atom is 0.242 e. The molecule has 0 saturated heterocycles. The molecule has 4 aromatic rings. The van der Waals surface area contributed by atoms with Crippen molar-refractivity contribution in [2.45, 2.75) is 32.6 Å². The Hall–Kier alpha value is -2.88. The van der Waals surface area contributed by atoms with Gasteiger partial charge in [-0.15, -0.1) is 10.2 Å². The molecule has 0 saturated carbocycles. The Balaban J connectivity index is 0.00000117. The van der Waals surface area contributed by atoms with Gasteiger partial charge in [0.15, 0.2) is 11.5 Å². The zero-order valence-corrected chi connectivity index (χ0v) is 17.5. The Labute approximate surface area is 169 Å². The van der Waals surface area contributed by atoms with Crippen molar-refractivity contribution in [2.24, 2.45) is 0 Å². The quantitative estimate of drug-likeness (QED) is 0.498. The summed E-state index contributed by atoms with van der Waals surface area (Å²) in [4.78, 5) is 0.0725. The van der Waals surface area contributed by atoms with Gasteiger partial charge in [-0.1, -0.05) is 50.2 Å². The summed E-state index contributed by atoms with van der Waals surface area (Å²) in [5.74, 6) is 0.444. The number of aryl methyl sites for hydroxylation is 2. The van der Waals surface area contributed by atoms with Crippen molar-refractivity contribution in [1.82, 2.24) is 24.5 Å². The van der Waals surface area contributed by atoms with Crippen LogP contribution in [0.25, 0.3) is 27.8 Å². The van der Waals surface area contributed by atoms with Crippen LogP contribution in [0.1, 0.15) is 25.1 Å². The number of hydrogen-bond acceptors (Lipinski definition) is 6. The summed E-state index contributed by atoms with van der Waals surface area (Å²) < 4.78 is 28.4. The molecule has 4 rings (SSSR count). The molecule has 9 heteroatoms. The molecule has 2 N–H and O–H groups in total. The summed E-state index contributed by atoms with van der Waals surface area (Å²) in [5.41, 5.74) is 2.54. The molecule has 2 aromatic heterocycles. The first-order valence-electron chi connectivity index (χ1n) is 9.24. The highest BCUT2D eigenvalue weighted by Crippen LogP contribution is 2.27. The SMILES string of the molecule is CC.Cc1ccc(-c2nnc3c4ccccc4c(C)nn23)cc1S(=O)(=O)NCO. The highest BCUT2D eigenvalue weighted by Gasteiger charge is 2.20. The molecular weight excluding hydrogens is 390 g/mol. The number of benzene rings is 2. The number of sulfonamides is 1. The highest BCUT2D eigenvalue weighted by molar-refractivity contribution is 7.89. The number of aliphatic hydroxyl groups is 1. The van der Waals surface area contributed by atoms with Crippen LogP contribution in [0.15, 0.2) is 47.4 Å². The van der Waals surface area contributed by atoms with Crippen LogP contribution in [-0.2, 0) is 10.0 Å². The Morgan fingerprint density at radius 3 is 2.41 bits per heavy atom. The number of nitrogens with zero attached hydrogens (tertiary/aromatic N) is 4. The maximum atomic E-state index is 12.3. The number of aliphatic hydroxyl groups excluding tert-OH is 1. The molecule has 0 bridgehead atoms. The van der Waals surface area contributed by atoms with E-state index < -0.39 is 16.8 Å². The van der Waals surface area contributed by atoms with Gasteiger partial charge in [0.1, 0.15) is 6.73 Å². The van der Waals surface area contributed by atoms with Gasteiger partial charge in [-0.2, -0.15) is 14.3 Å². The lowest BCUT2D eigenvalue weighted by molar-refractivity contribution is 0.288. The Bertz CT molecular complexity index is 1280. The highest BCUT2D eigenvalue weighted by atomic mass is 32.2. The average Bonchev–Trinajstić information content (AvgIpc) is 3.14. The van der Waals surface area contributed by atoms with E-state index in [1.165, 1.54) is 6.07 Å². The third kappa shape index (κ3) is 3.71. The van der Waals surface area contributed by atoms with Gasteiger partial charge >= 0.3 is 0 Å². The monoisotopic (exact) mass is 413 g/mol. The molecule has 152 valence electrons. The smallest absolute Gasteiger partial charge is 0.242 e. The van der Waals surface area contributed by atoms with Gasteiger partial charge in [-0.25, -0.2) is 8.42 Å². The third-order valence-corrected chi connectivity index (χ3v) is 5.97. The van der Waals surface area contributed by atoms with E-state index in [9.17, 15) is 8.42 Å². The summed E-state index contributed by atoms with van der Waals surface area (Å²) >= 11 is 0. The maximum absolute atomic E-state index is 12.3. The molecule has 0 radical (unpaired) electrons. The molecule has 0 atom stereocenters. The van der Waals surface area contributed by atoms with Gasteiger partial charge < -0.3 is 5.11 Å². The van der Waals surface area contributed by atoms with Gasteiger partial charge in [0, 0.05) is 16.3 Å². The molecule has 0 spiro atoms. The Morgan fingerprint density at radius 2 is 1.72 bits per heavy atom. The molecule has 0 amide bonds. The van der Waals surface area contributed by atoms with E-state index in [1.807, 2.05) is 45.0 Å². The number of nitrogens with one attached hydrogen (secondary N) is 1. The zero-order valence-electron chi connectivity index (χ0n) is 16.7. The lowest BCUT2D eigenvalue weighted by atomic mass is 10.1. The van der Waals surface area contributed by atoms with Crippen LogP contribution in [0.3, 0.4) is 0 Å². The largest absolute Gasteiger partial charge is 0.380 e. The molecule has 8 nitrogen and oxygen atoms in total. The molecule has 0 unspecified atom stereocenters. The van der Waals surface area contributed by atoms with Crippen LogP contribution in [-0.4, -0.2) is 40.1 Å². The second-order valence-corrected chi connectivity index (χ2v) is 7.91. The molecule has 0 fully saturated rings. The fourth-order valence-corrected chi connectivity index (χ4v) is 4.21. The van der Waals surface area contributed by atoms with Crippen LogP contribution < -0.4 is 4.72 Å². The Morgan fingerprint density at radius 1 is 1.03 bits per heavy atom. The predicted molar refractivity (Wildman–Crippen MR) is 112 cm³/mol. The van der Waals surface area contributed by atoms with Crippen molar-refractivity contribution in [1.29, 1.82) is 0 Å². The van der Waals surface area contributed by atoms with E-state index in [1.54, 1.807) is 23.6 Å². The van der Waals surface area contributed by atoms with E-state index in [2.05, 4.69) is 20.0 Å². The molecule has 29 heavy (non-hydrogen) atoms. The van der Waals surface area contributed by atoms with Gasteiger partial charge in [-0.05, 0) is 25.5 Å². The molecular formula is C20H23N5O3S. The predicted octanol–water partition coefficient (Wildman–Crippen LogP) is 2.82. The summed E-state index contributed by atoms with van der Waals surface area (Å²) in [7, 11) is -3.83. The number of fused-ring (bicyclic) bond motifs is 3. The molecule has 0 aliphatic heterocycles. The van der Waals surface area contributed by atoms with Gasteiger partial charge in [0.05, 0.1) is 10.6 Å². The number of aromatic nitrogens is 4. The third-order valence-electron chi connectivity index (χ3n) is 4.44. The normalized spacial score (nSPS) is 11.5. The van der Waals surface area contributed by atoms with E-state index in [4.69, 9.17) is 5.11 Å². The number of rotatable bonds is 4. The van der Waals surface area contributed by atoms with E-state index in [0.29, 0.717) is 22.6 Å². The fourth-order valence-electron chi connectivity index (χ4n) is 3.11. The van der Waals surface area contributed by atoms with Gasteiger partial charge in [0.25, 0.3) is 0 Å². The van der Waals surface area contributed by atoms with Gasteiger partial charge in [-0.3, -0.25) is 0 Å². The van der Waals surface area contributed by atoms with E-state index in [-0.39, 0.29) is 4.90 Å². The van der Waals surface area contributed by atoms with Crippen molar-refractivity contribution < 1.29 is 13.5 Å². The molecule has 2 aromatic carbocycles. The van der Waals surface area contributed by atoms with Crippen LogP contribution in [0.5, 0.6) is 0 Å². The first-order valence-corrected chi connectivity index (χ1v) is 10.7. The van der Waals surface area contributed by atoms with Crippen molar-refractivity contribution in [3.05, 3.63) is 53.7 Å². The van der Waals surface area contributed by atoms with Crippen LogP contribution >= 0.6 is 0 Å². The summed E-state index contributed by atoms with van der Waals surface area (Å²) in [6.45, 7) is 6.92. The summed E-state index contributed by atoms with van der Waals surface area (Å²) in [5, 5.41) is 23.9. The minimum Gasteiger partial charge on any atom is -0.380 e. The first-order chi connectivity index (χ1) is 13.9. The van der Waals surface area contributed by atoms with Crippen LogP contribution in [0.2, 0.25) is 0 Å². The fraction of sp³-hybridized carbons (Fsp3) is 0.250. The van der Waals surface area contributed by atoms with Gasteiger partial charge in [0.2, 0.25) is 10.0 Å². The standard InChI is InChI=1S/C18H17N5O3S.C2H6/c1-11-7-8-13(9-16(11)27(25,26)19-10-24)17-20-21-18-15-6-4-3-5-14(15)12(2)22-23(17)18;1-2/h3-9,19,24H,10H2,1-2H3;1-2H3. The lowest BCUT2D eigenvalue weighted by Gasteiger charge is -2.09. The van der Waals surface area contributed by atoms with Crippen molar-refractivity contribution in [3.63, 3.8) is 0 Å². The van der Waals surface area contributed by atoms with Crippen LogP contribution in [0.4, 0.5) is 0 Å². The minimum atomic E-state index is -3.83. The zero-order chi connectivity index (χ0) is 21.2. The van der Waals surface area contributed by atoms with Crippen molar-refractivity contribution in [3.8, 4) is 11.4 Å². The van der Waals surface area contributed by atoms with E-state index >= 15 is 0 Å². The lowest BCUT2D eigenvalue weighted by Crippen LogP contribution is -2.25. The molecule has 0 aliphatic rings. The summed E-state index contributed by atoms with van der Waals surface area (Å²) in [6.07, 6.45) is 0.